The Labute approximate surface area is 80.3 Å². The van der Waals surface area contributed by atoms with E-state index in [4.69, 9.17) is 5.73 Å². The van der Waals surface area contributed by atoms with Crippen LogP contribution in [0, 0.1) is 5.92 Å². The number of rotatable bonds is 4. The van der Waals surface area contributed by atoms with Crippen LogP contribution in [-0.4, -0.2) is 30.4 Å². The smallest absolute Gasteiger partial charge is 0.234 e. The third-order valence-electron chi connectivity index (χ3n) is 3.09. The van der Waals surface area contributed by atoms with E-state index < -0.39 is 0 Å². The maximum absolute atomic E-state index is 10.9. The molecule has 1 aliphatic rings. The summed E-state index contributed by atoms with van der Waals surface area (Å²) in [6, 6.07) is -0.124. The highest BCUT2D eigenvalue weighted by Crippen LogP contribution is 2.25. The number of nitrogens with two attached hydrogens (primary N) is 1. The molecule has 3 nitrogen and oxygen atoms in total. The second-order valence-corrected chi connectivity index (χ2v) is 4.17. The van der Waals surface area contributed by atoms with Gasteiger partial charge >= 0.3 is 0 Å². The Balaban J connectivity index is 2.30. The average molecular weight is 184 g/mol. The minimum absolute atomic E-state index is 0.124. The molecule has 13 heavy (non-hydrogen) atoms. The topological polar surface area (TPSA) is 46.3 Å². The van der Waals surface area contributed by atoms with E-state index in [0.29, 0.717) is 0 Å². The summed E-state index contributed by atoms with van der Waals surface area (Å²) < 4.78 is 0. The zero-order valence-electron chi connectivity index (χ0n) is 8.62. The van der Waals surface area contributed by atoms with Gasteiger partial charge in [-0.25, -0.2) is 0 Å². The fourth-order valence-electron chi connectivity index (χ4n) is 1.98. The number of primary amides is 1. The summed E-state index contributed by atoms with van der Waals surface area (Å²) in [6.07, 6.45) is 5.33. The number of likely N-dealkylation sites (N-methyl/N-ethyl adjacent to an activating group) is 1. The molecule has 0 saturated heterocycles. The monoisotopic (exact) mass is 184 g/mol. The lowest BCUT2D eigenvalue weighted by Crippen LogP contribution is -2.42. The van der Waals surface area contributed by atoms with Gasteiger partial charge in [-0.05, 0) is 32.7 Å². The summed E-state index contributed by atoms with van der Waals surface area (Å²) >= 11 is 0. The van der Waals surface area contributed by atoms with Gasteiger partial charge in [0.15, 0.2) is 0 Å². The molecule has 0 heterocycles. The highest BCUT2D eigenvalue weighted by Gasteiger charge is 2.21. The quantitative estimate of drug-likeness (QED) is 0.708. The van der Waals surface area contributed by atoms with Gasteiger partial charge in [0.2, 0.25) is 5.91 Å². The van der Waals surface area contributed by atoms with Crippen LogP contribution in [-0.2, 0) is 4.79 Å². The van der Waals surface area contributed by atoms with Gasteiger partial charge in [0, 0.05) is 6.54 Å². The van der Waals surface area contributed by atoms with Crippen molar-refractivity contribution in [1.82, 2.24) is 4.90 Å². The first-order valence-corrected chi connectivity index (χ1v) is 5.11. The van der Waals surface area contributed by atoms with Crippen molar-refractivity contribution in [2.24, 2.45) is 11.7 Å². The minimum Gasteiger partial charge on any atom is -0.368 e. The zero-order chi connectivity index (χ0) is 9.84. The van der Waals surface area contributed by atoms with Crippen molar-refractivity contribution in [2.45, 2.75) is 38.6 Å². The van der Waals surface area contributed by atoms with Gasteiger partial charge in [0.25, 0.3) is 0 Å². The molecule has 76 valence electrons. The van der Waals surface area contributed by atoms with Crippen LogP contribution in [0.3, 0.4) is 0 Å². The zero-order valence-corrected chi connectivity index (χ0v) is 8.62. The summed E-state index contributed by atoms with van der Waals surface area (Å²) in [5.74, 6) is 0.562. The summed E-state index contributed by atoms with van der Waals surface area (Å²) in [6.45, 7) is 2.89. The van der Waals surface area contributed by atoms with Gasteiger partial charge in [-0.2, -0.15) is 0 Å². The normalized spacial score (nSPS) is 20.8. The second kappa shape index (κ2) is 4.61. The van der Waals surface area contributed by atoms with Gasteiger partial charge in [-0.1, -0.05) is 12.8 Å². The molecular formula is C10H20N2O. The number of hydrogen-bond acceptors (Lipinski definition) is 2. The highest BCUT2D eigenvalue weighted by atomic mass is 16.1. The van der Waals surface area contributed by atoms with Gasteiger partial charge in [-0.15, -0.1) is 0 Å². The van der Waals surface area contributed by atoms with E-state index in [0.717, 1.165) is 12.5 Å². The van der Waals surface area contributed by atoms with E-state index in [1.807, 2.05) is 14.0 Å². The van der Waals surface area contributed by atoms with Crippen molar-refractivity contribution < 1.29 is 4.79 Å². The molecule has 0 radical (unpaired) electrons. The average Bonchev–Trinajstić information content (AvgIpc) is 2.55. The van der Waals surface area contributed by atoms with Crippen molar-refractivity contribution in [3.8, 4) is 0 Å². The number of carbonyl (C=O) groups excluding carboxylic acids is 1. The minimum atomic E-state index is -0.222. The standard InChI is InChI=1S/C10H20N2O/c1-8(10(11)13)12(2)7-9-5-3-4-6-9/h8-9H,3-7H2,1-2H3,(H2,11,13). The van der Waals surface area contributed by atoms with Crippen LogP contribution in [0.4, 0.5) is 0 Å². The largest absolute Gasteiger partial charge is 0.368 e. The van der Waals surface area contributed by atoms with Gasteiger partial charge in [0.1, 0.15) is 0 Å². The van der Waals surface area contributed by atoms with E-state index in [1.165, 1.54) is 25.7 Å². The molecule has 1 atom stereocenters. The van der Waals surface area contributed by atoms with Crippen LogP contribution in [0.1, 0.15) is 32.6 Å². The SMILES string of the molecule is CC(C(N)=O)N(C)CC1CCCC1. The van der Waals surface area contributed by atoms with Crippen LogP contribution in [0.5, 0.6) is 0 Å². The first-order valence-electron chi connectivity index (χ1n) is 5.11. The van der Waals surface area contributed by atoms with E-state index in [2.05, 4.69) is 4.90 Å². The summed E-state index contributed by atoms with van der Waals surface area (Å²) in [5.41, 5.74) is 5.23. The third-order valence-corrected chi connectivity index (χ3v) is 3.09. The summed E-state index contributed by atoms with van der Waals surface area (Å²) in [7, 11) is 1.98. The van der Waals surface area contributed by atoms with E-state index >= 15 is 0 Å². The van der Waals surface area contributed by atoms with E-state index in [1.54, 1.807) is 0 Å². The first-order chi connectivity index (χ1) is 6.11. The number of amides is 1. The molecule has 0 aromatic carbocycles. The molecule has 1 saturated carbocycles. The number of hydrogen-bond donors (Lipinski definition) is 1. The van der Waals surface area contributed by atoms with Crippen molar-refractivity contribution >= 4 is 5.91 Å². The Bertz CT molecular complexity index is 176. The number of nitrogens with zero attached hydrogens (tertiary/aromatic N) is 1. The molecular weight excluding hydrogens is 164 g/mol. The fourth-order valence-corrected chi connectivity index (χ4v) is 1.98. The van der Waals surface area contributed by atoms with Crippen molar-refractivity contribution in [3.63, 3.8) is 0 Å². The molecule has 0 bridgehead atoms. The summed E-state index contributed by atoms with van der Waals surface area (Å²) in [5, 5.41) is 0. The maximum Gasteiger partial charge on any atom is 0.234 e. The van der Waals surface area contributed by atoms with Gasteiger partial charge in [-0.3, -0.25) is 9.69 Å². The Kier molecular flexibility index (Phi) is 3.72. The first kappa shape index (κ1) is 10.5. The molecule has 0 aromatic rings. The lowest BCUT2D eigenvalue weighted by molar-refractivity contribution is -0.122. The third kappa shape index (κ3) is 2.99. The van der Waals surface area contributed by atoms with E-state index in [9.17, 15) is 4.79 Å². The van der Waals surface area contributed by atoms with Crippen LogP contribution in [0.15, 0.2) is 0 Å². The molecule has 0 aliphatic heterocycles. The molecule has 0 spiro atoms. The molecule has 1 fully saturated rings. The highest BCUT2D eigenvalue weighted by molar-refractivity contribution is 5.79. The Morgan fingerprint density at radius 2 is 2.08 bits per heavy atom. The molecule has 3 heteroatoms. The van der Waals surface area contributed by atoms with Gasteiger partial charge < -0.3 is 5.73 Å². The molecule has 2 N–H and O–H groups in total. The molecule has 1 aliphatic carbocycles. The fraction of sp³-hybridized carbons (Fsp3) is 0.900. The van der Waals surface area contributed by atoms with Gasteiger partial charge in [0.05, 0.1) is 6.04 Å². The Hall–Kier alpha value is -0.570. The van der Waals surface area contributed by atoms with Crippen LogP contribution >= 0.6 is 0 Å². The summed E-state index contributed by atoms with van der Waals surface area (Å²) in [4.78, 5) is 13.0. The lowest BCUT2D eigenvalue weighted by atomic mass is 10.1. The molecule has 1 rings (SSSR count). The van der Waals surface area contributed by atoms with Crippen LogP contribution in [0.2, 0.25) is 0 Å². The van der Waals surface area contributed by atoms with Crippen molar-refractivity contribution in [1.29, 1.82) is 0 Å². The number of carbonyl (C=O) groups is 1. The Morgan fingerprint density at radius 3 is 2.54 bits per heavy atom. The Morgan fingerprint density at radius 1 is 1.54 bits per heavy atom. The van der Waals surface area contributed by atoms with Crippen LogP contribution in [0.25, 0.3) is 0 Å². The molecule has 1 amide bonds. The van der Waals surface area contributed by atoms with Crippen molar-refractivity contribution in [2.75, 3.05) is 13.6 Å². The lowest BCUT2D eigenvalue weighted by Gasteiger charge is -2.24. The molecule has 0 aromatic heterocycles. The van der Waals surface area contributed by atoms with Crippen molar-refractivity contribution in [3.05, 3.63) is 0 Å². The predicted molar refractivity (Wildman–Crippen MR) is 53.2 cm³/mol. The maximum atomic E-state index is 10.9. The predicted octanol–water partition coefficient (Wildman–Crippen LogP) is 0.982. The molecule has 1 unspecified atom stereocenters. The second-order valence-electron chi connectivity index (χ2n) is 4.17. The van der Waals surface area contributed by atoms with E-state index in [-0.39, 0.29) is 11.9 Å². The van der Waals surface area contributed by atoms with Crippen LogP contribution < -0.4 is 5.73 Å².